The van der Waals surface area contributed by atoms with Crippen molar-refractivity contribution in [2.45, 2.75) is 31.9 Å². The highest BCUT2D eigenvalue weighted by atomic mass is 16.5. The predicted molar refractivity (Wildman–Crippen MR) is 70.6 cm³/mol. The lowest BCUT2D eigenvalue weighted by Crippen LogP contribution is -2.47. The van der Waals surface area contributed by atoms with Gasteiger partial charge in [-0.25, -0.2) is 0 Å². The topological polar surface area (TPSA) is 67.8 Å². The molecule has 0 bridgehead atoms. The molecule has 0 aromatic heterocycles. The monoisotopic (exact) mass is 265 g/mol. The Morgan fingerprint density at radius 2 is 2.21 bits per heavy atom. The van der Waals surface area contributed by atoms with Gasteiger partial charge in [-0.2, -0.15) is 0 Å². The fourth-order valence-corrected chi connectivity index (χ4v) is 2.14. The van der Waals surface area contributed by atoms with Gasteiger partial charge in [0.05, 0.1) is 18.8 Å². The molecule has 2 rings (SSSR count). The largest absolute Gasteiger partial charge is 0.507 e. The van der Waals surface area contributed by atoms with E-state index in [0.29, 0.717) is 12.4 Å². The SMILES string of the molecule is CCOC1CC(NC(=O)c2cc(OC)ccc2O)C1. The summed E-state index contributed by atoms with van der Waals surface area (Å²) < 4.78 is 10.5. The molecule has 1 amide bonds. The number of phenolic OH excluding ortho intramolecular Hbond substituents is 1. The summed E-state index contributed by atoms with van der Waals surface area (Å²) in [5.74, 6) is 0.221. The van der Waals surface area contributed by atoms with E-state index in [0.717, 1.165) is 12.8 Å². The first-order valence-corrected chi connectivity index (χ1v) is 6.43. The van der Waals surface area contributed by atoms with Crippen LogP contribution in [0.25, 0.3) is 0 Å². The van der Waals surface area contributed by atoms with Gasteiger partial charge < -0.3 is 19.9 Å². The summed E-state index contributed by atoms with van der Waals surface area (Å²) in [5.41, 5.74) is 0.235. The first-order chi connectivity index (χ1) is 9.13. The number of benzene rings is 1. The van der Waals surface area contributed by atoms with Crippen molar-refractivity contribution < 1.29 is 19.4 Å². The zero-order chi connectivity index (χ0) is 13.8. The summed E-state index contributed by atoms with van der Waals surface area (Å²) in [6, 6.07) is 4.72. The van der Waals surface area contributed by atoms with E-state index in [4.69, 9.17) is 9.47 Å². The van der Waals surface area contributed by atoms with Gasteiger partial charge in [-0.3, -0.25) is 4.79 Å². The van der Waals surface area contributed by atoms with Gasteiger partial charge in [-0.05, 0) is 38.0 Å². The summed E-state index contributed by atoms with van der Waals surface area (Å²) in [7, 11) is 1.52. The molecule has 0 aliphatic heterocycles. The molecule has 1 aliphatic rings. The molecule has 0 spiro atoms. The van der Waals surface area contributed by atoms with Crippen LogP contribution >= 0.6 is 0 Å². The van der Waals surface area contributed by atoms with E-state index in [1.165, 1.54) is 19.2 Å². The van der Waals surface area contributed by atoms with Crippen LogP contribution in [0.4, 0.5) is 0 Å². The minimum absolute atomic E-state index is 0.0426. The van der Waals surface area contributed by atoms with Crippen LogP contribution in [-0.4, -0.2) is 36.9 Å². The molecule has 0 unspecified atom stereocenters. The summed E-state index contributed by atoms with van der Waals surface area (Å²) >= 11 is 0. The fourth-order valence-electron chi connectivity index (χ4n) is 2.14. The molecule has 1 saturated carbocycles. The first kappa shape index (κ1) is 13.7. The van der Waals surface area contributed by atoms with E-state index >= 15 is 0 Å². The number of methoxy groups -OCH3 is 1. The van der Waals surface area contributed by atoms with Crippen LogP contribution in [0, 0.1) is 0 Å². The van der Waals surface area contributed by atoms with Gasteiger partial charge >= 0.3 is 0 Å². The molecule has 0 atom stereocenters. The molecule has 1 aliphatic carbocycles. The van der Waals surface area contributed by atoms with Gasteiger partial charge in [-0.15, -0.1) is 0 Å². The average Bonchev–Trinajstić information content (AvgIpc) is 2.36. The van der Waals surface area contributed by atoms with Gasteiger partial charge in [-0.1, -0.05) is 0 Å². The van der Waals surface area contributed by atoms with Gasteiger partial charge in [0, 0.05) is 12.6 Å². The van der Waals surface area contributed by atoms with E-state index in [9.17, 15) is 9.90 Å². The number of carbonyl (C=O) groups excluding carboxylic acids is 1. The second-order valence-electron chi connectivity index (χ2n) is 4.60. The number of hydrogen-bond donors (Lipinski definition) is 2. The van der Waals surface area contributed by atoms with E-state index in [2.05, 4.69) is 5.32 Å². The Bertz CT molecular complexity index is 455. The minimum atomic E-state index is -0.281. The van der Waals surface area contributed by atoms with Crippen molar-refractivity contribution in [3.05, 3.63) is 23.8 Å². The van der Waals surface area contributed by atoms with Crippen LogP contribution in [0.15, 0.2) is 18.2 Å². The number of carbonyl (C=O) groups is 1. The maximum atomic E-state index is 12.0. The lowest BCUT2D eigenvalue weighted by molar-refractivity contribution is -0.00864. The van der Waals surface area contributed by atoms with Crippen molar-refractivity contribution in [2.24, 2.45) is 0 Å². The highest BCUT2D eigenvalue weighted by Crippen LogP contribution is 2.26. The quantitative estimate of drug-likeness (QED) is 0.850. The van der Waals surface area contributed by atoms with Gasteiger partial charge in [0.25, 0.3) is 5.91 Å². The number of rotatable bonds is 5. The molecular weight excluding hydrogens is 246 g/mol. The summed E-state index contributed by atoms with van der Waals surface area (Å²) in [4.78, 5) is 12.0. The predicted octanol–water partition coefficient (Wildman–Crippen LogP) is 1.70. The third-order valence-electron chi connectivity index (χ3n) is 3.28. The summed E-state index contributed by atoms with van der Waals surface area (Å²) in [6.45, 7) is 2.65. The van der Waals surface area contributed by atoms with Crippen molar-refractivity contribution in [1.29, 1.82) is 0 Å². The minimum Gasteiger partial charge on any atom is -0.507 e. The maximum Gasteiger partial charge on any atom is 0.255 e. The molecular formula is C14H19NO4. The van der Waals surface area contributed by atoms with E-state index in [-0.39, 0.29) is 29.4 Å². The van der Waals surface area contributed by atoms with Crippen molar-refractivity contribution in [1.82, 2.24) is 5.32 Å². The Kier molecular flexibility index (Phi) is 4.27. The van der Waals surface area contributed by atoms with Gasteiger partial charge in [0.1, 0.15) is 11.5 Å². The zero-order valence-electron chi connectivity index (χ0n) is 11.2. The van der Waals surface area contributed by atoms with Crippen molar-refractivity contribution in [3.63, 3.8) is 0 Å². The molecule has 1 aromatic rings. The molecule has 0 saturated heterocycles. The lowest BCUT2D eigenvalue weighted by Gasteiger charge is -2.35. The van der Waals surface area contributed by atoms with E-state index < -0.39 is 0 Å². The number of amides is 1. The number of hydrogen-bond acceptors (Lipinski definition) is 4. The molecule has 1 aromatic carbocycles. The standard InChI is InChI=1S/C14H19NO4/c1-3-19-11-6-9(7-11)15-14(17)12-8-10(18-2)4-5-13(12)16/h4-5,8-9,11,16H,3,6-7H2,1-2H3,(H,15,17). The third-order valence-corrected chi connectivity index (χ3v) is 3.28. The number of aromatic hydroxyl groups is 1. The van der Waals surface area contributed by atoms with Crippen molar-refractivity contribution in [2.75, 3.05) is 13.7 Å². The summed E-state index contributed by atoms with van der Waals surface area (Å²) in [5, 5.41) is 12.6. The molecule has 104 valence electrons. The Morgan fingerprint density at radius 1 is 1.47 bits per heavy atom. The third kappa shape index (κ3) is 3.17. The first-order valence-electron chi connectivity index (χ1n) is 6.43. The molecule has 0 heterocycles. The van der Waals surface area contributed by atoms with Crippen molar-refractivity contribution in [3.8, 4) is 11.5 Å². The van der Waals surface area contributed by atoms with Crippen molar-refractivity contribution >= 4 is 5.91 Å². The zero-order valence-corrected chi connectivity index (χ0v) is 11.2. The van der Waals surface area contributed by atoms with Crippen LogP contribution in [0.3, 0.4) is 0 Å². The molecule has 5 heteroatoms. The fraction of sp³-hybridized carbons (Fsp3) is 0.500. The number of ether oxygens (including phenoxy) is 2. The number of nitrogens with one attached hydrogen (secondary N) is 1. The van der Waals surface area contributed by atoms with Crippen LogP contribution in [0.1, 0.15) is 30.1 Å². The second-order valence-corrected chi connectivity index (χ2v) is 4.60. The molecule has 0 radical (unpaired) electrons. The highest BCUT2D eigenvalue weighted by molar-refractivity contribution is 5.97. The Hall–Kier alpha value is -1.75. The normalized spacial score (nSPS) is 21.6. The maximum absolute atomic E-state index is 12.0. The number of phenols is 1. The Labute approximate surface area is 112 Å². The van der Waals surface area contributed by atoms with Crippen LogP contribution in [-0.2, 0) is 4.74 Å². The van der Waals surface area contributed by atoms with Crippen LogP contribution in [0.5, 0.6) is 11.5 Å². The molecule has 2 N–H and O–H groups in total. The molecule has 5 nitrogen and oxygen atoms in total. The second kappa shape index (κ2) is 5.93. The highest BCUT2D eigenvalue weighted by Gasteiger charge is 2.31. The molecule has 19 heavy (non-hydrogen) atoms. The van der Waals surface area contributed by atoms with Crippen LogP contribution in [0.2, 0.25) is 0 Å². The van der Waals surface area contributed by atoms with E-state index in [1.807, 2.05) is 6.92 Å². The smallest absolute Gasteiger partial charge is 0.255 e. The Morgan fingerprint density at radius 3 is 2.84 bits per heavy atom. The average molecular weight is 265 g/mol. The van der Waals surface area contributed by atoms with E-state index in [1.54, 1.807) is 6.07 Å². The van der Waals surface area contributed by atoms with Gasteiger partial charge in [0.15, 0.2) is 0 Å². The molecule has 1 fully saturated rings. The summed E-state index contributed by atoms with van der Waals surface area (Å²) in [6.07, 6.45) is 1.89. The van der Waals surface area contributed by atoms with Gasteiger partial charge in [0.2, 0.25) is 0 Å². The lowest BCUT2D eigenvalue weighted by atomic mass is 9.89. The Balaban J connectivity index is 1.94. The van der Waals surface area contributed by atoms with Crippen LogP contribution < -0.4 is 10.1 Å².